The van der Waals surface area contributed by atoms with Gasteiger partial charge in [0.05, 0.1) is 6.42 Å². The fraction of sp³-hybridized carbons (Fsp3) is 0.333. The van der Waals surface area contributed by atoms with Gasteiger partial charge in [0.1, 0.15) is 5.75 Å². The van der Waals surface area contributed by atoms with Gasteiger partial charge in [-0.2, -0.15) is 0 Å². The number of carbonyl (C=O) groups is 1. The van der Waals surface area contributed by atoms with E-state index < -0.39 is 0 Å². The molecule has 0 saturated carbocycles. The van der Waals surface area contributed by atoms with Crippen LogP contribution in [0.1, 0.15) is 29.3 Å². The highest BCUT2D eigenvalue weighted by Crippen LogP contribution is 2.28. The monoisotopic (exact) mass is 201 g/mol. The smallest absolute Gasteiger partial charge is 0.366 e. The quantitative estimate of drug-likeness (QED) is 0.516. The molecule has 1 aliphatic heterocycles. The van der Waals surface area contributed by atoms with E-state index >= 15 is 0 Å². The molecular weight excluding hydrogens is 190 g/mol. The van der Waals surface area contributed by atoms with Crippen LogP contribution < -0.4 is 4.74 Å². The molecule has 1 atom stereocenters. The minimum atomic E-state index is -0.360. The summed E-state index contributed by atoms with van der Waals surface area (Å²) in [5, 5.41) is 0. The predicted molar refractivity (Wildman–Crippen MR) is 55.8 cm³/mol. The van der Waals surface area contributed by atoms with Crippen LogP contribution in [0.4, 0.5) is 0 Å². The van der Waals surface area contributed by atoms with Gasteiger partial charge in [-0.3, -0.25) is 9.64 Å². The molecule has 0 spiro atoms. The van der Waals surface area contributed by atoms with Crippen LogP contribution in [0.25, 0.3) is 4.85 Å². The van der Waals surface area contributed by atoms with E-state index in [-0.39, 0.29) is 12.0 Å². The van der Waals surface area contributed by atoms with Gasteiger partial charge in [0.15, 0.2) is 5.78 Å². The molecule has 76 valence electrons. The molecule has 0 amide bonds. The standard InChI is InChI=1S/C12H11NO2/c1-8(14)9-3-5-11-10(7-9)4-6-12(13-2)15-11/h3,5,7,12H,4,6H2,1H3. The number of hydrogen-bond acceptors (Lipinski definition) is 2. The number of benzene rings is 1. The van der Waals surface area contributed by atoms with Gasteiger partial charge >= 0.3 is 6.23 Å². The Hall–Kier alpha value is -1.82. The Bertz CT molecular complexity index is 445. The first-order chi connectivity index (χ1) is 7.20. The van der Waals surface area contributed by atoms with E-state index in [9.17, 15) is 4.79 Å². The predicted octanol–water partition coefficient (Wildman–Crippen LogP) is 2.46. The zero-order chi connectivity index (χ0) is 10.8. The van der Waals surface area contributed by atoms with Gasteiger partial charge in [-0.15, -0.1) is 0 Å². The SMILES string of the molecule is [C-]#[N+]C1CCc2cc(C(C)=O)ccc2O1. The minimum Gasteiger partial charge on any atom is -0.423 e. The lowest BCUT2D eigenvalue weighted by molar-refractivity contribution is 0.101. The van der Waals surface area contributed by atoms with Crippen molar-refractivity contribution in [1.29, 1.82) is 0 Å². The van der Waals surface area contributed by atoms with E-state index in [1.54, 1.807) is 19.1 Å². The van der Waals surface area contributed by atoms with Gasteiger partial charge in [-0.25, -0.2) is 6.57 Å². The van der Waals surface area contributed by atoms with Crippen molar-refractivity contribution in [3.05, 3.63) is 40.7 Å². The summed E-state index contributed by atoms with van der Waals surface area (Å²) in [4.78, 5) is 14.5. The number of aryl methyl sites for hydroxylation is 1. The Kier molecular flexibility index (Phi) is 2.42. The number of carbonyl (C=O) groups excluding carboxylic acids is 1. The molecule has 1 heterocycles. The second-order valence-corrected chi connectivity index (χ2v) is 3.62. The number of nitrogens with zero attached hydrogens (tertiary/aromatic N) is 1. The number of rotatable bonds is 1. The highest BCUT2D eigenvalue weighted by atomic mass is 16.5. The van der Waals surface area contributed by atoms with E-state index in [0.717, 1.165) is 17.7 Å². The molecule has 1 aliphatic rings. The Labute approximate surface area is 88.5 Å². The van der Waals surface area contributed by atoms with E-state index in [1.807, 2.05) is 6.07 Å². The summed E-state index contributed by atoms with van der Waals surface area (Å²) in [5.41, 5.74) is 1.74. The van der Waals surface area contributed by atoms with Gasteiger partial charge in [0, 0.05) is 5.56 Å². The third-order valence-corrected chi connectivity index (χ3v) is 2.53. The summed E-state index contributed by atoms with van der Waals surface area (Å²) in [7, 11) is 0. The second kappa shape index (κ2) is 3.74. The molecular formula is C12H11NO2. The summed E-state index contributed by atoms with van der Waals surface area (Å²) in [5.74, 6) is 0.803. The van der Waals surface area contributed by atoms with Crippen LogP contribution in [0.5, 0.6) is 5.75 Å². The molecule has 15 heavy (non-hydrogen) atoms. The third kappa shape index (κ3) is 1.84. The Morgan fingerprint density at radius 2 is 2.40 bits per heavy atom. The van der Waals surface area contributed by atoms with Crippen LogP contribution in [-0.2, 0) is 6.42 Å². The first-order valence-electron chi connectivity index (χ1n) is 4.88. The van der Waals surface area contributed by atoms with Crippen molar-refractivity contribution in [3.63, 3.8) is 0 Å². The zero-order valence-corrected chi connectivity index (χ0v) is 8.49. The molecule has 0 radical (unpaired) electrons. The normalized spacial score (nSPS) is 18.5. The topological polar surface area (TPSA) is 30.7 Å². The number of ketones is 1. The van der Waals surface area contributed by atoms with Gasteiger partial charge in [-0.05, 0) is 37.1 Å². The molecule has 0 saturated heterocycles. The van der Waals surface area contributed by atoms with E-state index in [1.165, 1.54) is 0 Å². The summed E-state index contributed by atoms with van der Waals surface area (Å²) >= 11 is 0. The second-order valence-electron chi connectivity index (χ2n) is 3.62. The maximum atomic E-state index is 11.2. The maximum absolute atomic E-state index is 11.2. The molecule has 0 N–H and O–H groups in total. The number of hydrogen-bond donors (Lipinski definition) is 0. The fourth-order valence-corrected chi connectivity index (χ4v) is 1.68. The average Bonchev–Trinajstić information content (AvgIpc) is 2.27. The van der Waals surface area contributed by atoms with E-state index in [0.29, 0.717) is 12.0 Å². The van der Waals surface area contributed by atoms with Crippen molar-refractivity contribution in [2.75, 3.05) is 0 Å². The van der Waals surface area contributed by atoms with Crippen LogP contribution in [0, 0.1) is 6.57 Å². The lowest BCUT2D eigenvalue weighted by atomic mass is 10.0. The number of fused-ring (bicyclic) bond motifs is 1. The van der Waals surface area contributed by atoms with Crippen LogP contribution in [0.3, 0.4) is 0 Å². The Morgan fingerprint density at radius 3 is 3.07 bits per heavy atom. The molecule has 3 nitrogen and oxygen atoms in total. The molecule has 0 aliphatic carbocycles. The van der Waals surface area contributed by atoms with Crippen molar-refractivity contribution in [2.24, 2.45) is 0 Å². The molecule has 1 aromatic rings. The van der Waals surface area contributed by atoms with Crippen LogP contribution >= 0.6 is 0 Å². The van der Waals surface area contributed by atoms with Gasteiger partial charge < -0.3 is 4.74 Å². The number of Topliss-reactive ketones (excluding diaryl/α,β-unsaturated/α-hetero) is 1. The maximum Gasteiger partial charge on any atom is 0.366 e. The van der Waals surface area contributed by atoms with Crippen molar-refractivity contribution in [3.8, 4) is 5.75 Å². The number of ether oxygens (including phenoxy) is 1. The molecule has 0 fully saturated rings. The van der Waals surface area contributed by atoms with E-state index in [4.69, 9.17) is 11.3 Å². The molecule has 2 rings (SSSR count). The highest BCUT2D eigenvalue weighted by Gasteiger charge is 2.23. The minimum absolute atomic E-state index is 0.0603. The van der Waals surface area contributed by atoms with Gasteiger partial charge in [-0.1, -0.05) is 0 Å². The zero-order valence-electron chi connectivity index (χ0n) is 8.49. The van der Waals surface area contributed by atoms with Crippen LogP contribution in [0.15, 0.2) is 18.2 Å². The lowest BCUT2D eigenvalue weighted by Crippen LogP contribution is -2.19. The van der Waals surface area contributed by atoms with E-state index in [2.05, 4.69) is 4.85 Å². The summed E-state index contributed by atoms with van der Waals surface area (Å²) < 4.78 is 5.45. The lowest BCUT2D eigenvalue weighted by Gasteiger charge is -2.18. The van der Waals surface area contributed by atoms with Crippen molar-refractivity contribution in [2.45, 2.75) is 26.0 Å². The van der Waals surface area contributed by atoms with Crippen LogP contribution in [-0.4, -0.2) is 12.0 Å². The molecule has 1 unspecified atom stereocenters. The molecule has 3 heteroatoms. The third-order valence-electron chi connectivity index (χ3n) is 2.53. The summed E-state index contributed by atoms with van der Waals surface area (Å²) in [6.07, 6.45) is 1.15. The Morgan fingerprint density at radius 1 is 1.60 bits per heavy atom. The Balaban J connectivity index is 2.33. The van der Waals surface area contributed by atoms with Crippen molar-refractivity contribution in [1.82, 2.24) is 0 Å². The van der Waals surface area contributed by atoms with Crippen molar-refractivity contribution < 1.29 is 9.53 Å². The highest BCUT2D eigenvalue weighted by molar-refractivity contribution is 5.94. The first kappa shape index (κ1) is 9.72. The fourth-order valence-electron chi connectivity index (χ4n) is 1.68. The van der Waals surface area contributed by atoms with Gasteiger partial charge in [0.25, 0.3) is 0 Å². The largest absolute Gasteiger partial charge is 0.423 e. The summed E-state index contributed by atoms with van der Waals surface area (Å²) in [6.45, 7) is 8.44. The van der Waals surface area contributed by atoms with Crippen molar-refractivity contribution >= 4 is 5.78 Å². The average molecular weight is 201 g/mol. The molecule has 0 bridgehead atoms. The molecule has 0 aromatic heterocycles. The first-order valence-corrected chi connectivity index (χ1v) is 4.88. The molecule has 1 aromatic carbocycles. The van der Waals surface area contributed by atoms with Gasteiger partial charge in [0.2, 0.25) is 0 Å². The summed E-state index contributed by atoms with van der Waals surface area (Å²) in [6, 6.07) is 5.38. The van der Waals surface area contributed by atoms with Crippen LogP contribution in [0.2, 0.25) is 0 Å².